The summed E-state index contributed by atoms with van der Waals surface area (Å²) in [7, 11) is 0. The SMILES string of the molecule is CCCC(C)CC(=O)N1C[C@@H](C)[C@H](C(=O)O)C1. The zero-order valence-electron chi connectivity index (χ0n) is 11.0. The van der Waals surface area contributed by atoms with Crippen molar-refractivity contribution in [2.45, 2.75) is 40.0 Å². The van der Waals surface area contributed by atoms with E-state index in [2.05, 4.69) is 13.8 Å². The Labute approximate surface area is 103 Å². The van der Waals surface area contributed by atoms with E-state index in [-0.39, 0.29) is 17.7 Å². The molecule has 1 aliphatic rings. The highest BCUT2D eigenvalue weighted by Crippen LogP contribution is 2.24. The van der Waals surface area contributed by atoms with Crippen molar-refractivity contribution in [1.82, 2.24) is 4.90 Å². The number of amides is 1. The van der Waals surface area contributed by atoms with E-state index in [9.17, 15) is 9.59 Å². The Morgan fingerprint density at radius 2 is 2.06 bits per heavy atom. The molecule has 1 amide bonds. The Morgan fingerprint density at radius 3 is 2.53 bits per heavy atom. The van der Waals surface area contributed by atoms with Crippen LogP contribution in [0, 0.1) is 17.8 Å². The van der Waals surface area contributed by atoms with Crippen molar-refractivity contribution in [1.29, 1.82) is 0 Å². The van der Waals surface area contributed by atoms with Gasteiger partial charge in [-0.1, -0.05) is 33.6 Å². The molecule has 4 nitrogen and oxygen atoms in total. The lowest BCUT2D eigenvalue weighted by atomic mass is 9.99. The lowest BCUT2D eigenvalue weighted by Gasteiger charge is -2.18. The van der Waals surface area contributed by atoms with Crippen LogP contribution in [0.15, 0.2) is 0 Å². The van der Waals surface area contributed by atoms with Gasteiger partial charge in [0.2, 0.25) is 5.91 Å². The summed E-state index contributed by atoms with van der Waals surface area (Å²) in [5.74, 6) is -0.596. The lowest BCUT2D eigenvalue weighted by Crippen LogP contribution is -2.30. The first kappa shape index (κ1) is 14.0. The first-order chi connectivity index (χ1) is 7.95. The van der Waals surface area contributed by atoms with Crippen molar-refractivity contribution < 1.29 is 14.7 Å². The molecule has 0 aromatic rings. The molecular formula is C13H23NO3. The van der Waals surface area contributed by atoms with Crippen molar-refractivity contribution in [2.24, 2.45) is 17.8 Å². The van der Waals surface area contributed by atoms with Crippen LogP contribution >= 0.6 is 0 Å². The van der Waals surface area contributed by atoms with Crippen LogP contribution in [-0.2, 0) is 9.59 Å². The van der Waals surface area contributed by atoms with Crippen LogP contribution in [0.25, 0.3) is 0 Å². The third kappa shape index (κ3) is 3.72. The van der Waals surface area contributed by atoms with Crippen LogP contribution in [0.4, 0.5) is 0 Å². The van der Waals surface area contributed by atoms with E-state index >= 15 is 0 Å². The average Bonchev–Trinajstić information content (AvgIpc) is 2.60. The summed E-state index contributed by atoms with van der Waals surface area (Å²) in [6, 6.07) is 0. The highest BCUT2D eigenvalue weighted by molar-refractivity contribution is 5.79. The smallest absolute Gasteiger partial charge is 0.308 e. The number of hydrogen-bond donors (Lipinski definition) is 1. The maximum Gasteiger partial charge on any atom is 0.308 e. The van der Waals surface area contributed by atoms with Gasteiger partial charge in [0.25, 0.3) is 0 Å². The van der Waals surface area contributed by atoms with E-state index < -0.39 is 5.97 Å². The molecule has 0 aromatic carbocycles. The molecule has 98 valence electrons. The molecule has 17 heavy (non-hydrogen) atoms. The summed E-state index contributed by atoms with van der Waals surface area (Å²) in [6.45, 7) is 7.07. The molecule has 0 aromatic heterocycles. The van der Waals surface area contributed by atoms with Crippen LogP contribution in [0.3, 0.4) is 0 Å². The summed E-state index contributed by atoms with van der Waals surface area (Å²) in [5, 5.41) is 9.01. The molecule has 1 fully saturated rings. The molecule has 1 unspecified atom stereocenters. The molecule has 1 N–H and O–H groups in total. The Bertz CT molecular complexity index is 290. The van der Waals surface area contributed by atoms with Gasteiger partial charge in [-0.15, -0.1) is 0 Å². The van der Waals surface area contributed by atoms with Gasteiger partial charge in [-0.05, 0) is 11.8 Å². The van der Waals surface area contributed by atoms with Crippen LogP contribution in [0.5, 0.6) is 0 Å². The van der Waals surface area contributed by atoms with Crippen molar-refractivity contribution in [2.75, 3.05) is 13.1 Å². The van der Waals surface area contributed by atoms with Crippen LogP contribution in [-0.4, -0.2) is 35.0 Å². The number of nitrogens with zero attached hydrogens (tertiary/aromatic N) is 1. The van der Waals surface area contributed by atoms with Gasteiger partial charge in [-0.25, -0.2) is 0 Å². The first-order valence-corrected chi connectivity index (χ1v) is 6.46. The number of aliphatic carboxylic acids is 1. The summed E-state index contributed by atoms with van der Waals surface area (Å²) >= 11 is 0. The quantitative estimate of drug-likeness (QED) is 0.800. The van der Waals surface area contributed by atoms with Gasteiger partial charge in [0, 0.05) is 19.5 Å². The predicted octanol–water partition coefficient (Wildman–Crippen LogP) is 1.99. The molecule has 1 heterocycles. The van der Waals surface area contributed by atoms with E-state index in [1.165, 1.54) is 0 Å². The second-order valence-electron chi connectivity index (χ2n) is 5.32. The molecule has 3 atom stereocenters. The van der Waals surface area contributed by atoms with Crippen LogP contribution in [0.2, 0.25) is 0 Å². The maximum absolute atomic E-state index is 12.0. The Morgan fingerprint density at radius 1 is 1.41 bits per heavy atom. The standard InChI is InChI=1S/C13H23NO3/c1-4-5-9(2)6-12(15)14-7-10(3)11(8-14)13(16)17/h9-11H,4-8H2,1-3H3,(H,16,17)/t9?,10-,11-/m1/s1. The molecule has 1 saturated heterocycles. The summed E-state index contributed by atoms with van der Waals surface area (Å²) in [4.78, 5) is 24.7. The molecule has 1 rings (SSSR count). The third-order valence-electron chi connectivity index (χ3n) is 3.59. The number of likely N-dealkylation sites (tertiary alicyclic amines) is 1. The molecule has 0 bridgehead atoms. The molecule has 1 aliphatic heterocycles. The summed E-state index contributed by atoms with van der Waals surface area (Å²) in [5.41, 5.74) is 0. The molecule has 0 saturated carbocycles. The number of carboxylic acid groups (broad SMARTS) is 1. The summed E-state index contributed by atoms with van der Waals surface area (Å²) < 4.78 is 0. The first-order valence-electron chi connectivity index (χ1n) is 6.46. The minimum atomic E-state index is -0.783. The lowest BCUT2D eigenvalue weighted by molar-refractivity contribution is -0.142. The predicted molar refractivity (Wildman–Crippen MR) is 65.6 cm³/mol. The Balaban J connectivity index is 2.47. The van der Waals surface area contributed by atoms with Crippen molar-refractivity contribution in [3.8, 4) is 0 Å². The molecule has 0 spiro atoms. The molecular weight excluding hydrogens is 218 g/mol. The number of hydrogen-bond acceptors (Lipinski definition) is 2. The number of carbonyl (C=O) groups is 2. The van der Waals surface area contributed by atoms with Crippen molar-refractivity contribution in [3.63, 3.8) is 0 Å². The number of carboxylic acids is 1. The van der Waals surface area contributed by atoms with Gasteiger partial charge >= 0.3 is 5.97 Å². The fourth-order valence-electron chi connectivity index (χ4n) is 2.51. The third-order valence-corrected chi connectivity index (χ3v) is 3.59. The Kier molecular flexibility index (Phi) is 4.97. The fraction of sp³-hybridized carbons (Fsp3) is 0.846. The van der Waals surface area contributed by atoms with Gasteiger partial charge < -0.3 is 10.0 Å². The van der Waals surface area contributed by atoms with Gasteiger partial charge in [0.15, 0.2) is 0 Å². The highest BCUT2D eigenvalue weighted by Gasteiger charge is 2.36. The second-order valence-corrected chi connectivity index (χ2v) is 5.32. The minimum Gasteiger partial charge on any atom is -0.481 e. The van der Waals surface area contributed by atoms with E-state index in [1.54, 1.807) is 4.90 Å². The largest absolute Gasteiger partial charge is 0.481 e. The molecule has 4 heteroatoms. The average molecular weight is 241 g/mol. The topological polar surface area (TPSA) is 57.6 Å². The van der Waals surface area contributed by atoms with E-state index in [1.807, 2.05) is 6.92 Å². The van der Waals surface area contributed by atoms with Crippen LogP contribution in [0.1, 0.15) is 40.0 Å². The van der Waals surface area contributed by atoms with Gasteiger partial charge in [0.05, 0.1) is 5.92 Å². The normalized spacial score (nSPS) is 25.9. The van der Waals surface area contributed by atoms with Crippen molar-refractivity contribution in [3.05, 3.63) is 0 Å². The van der Waals surface area contributed by atoms with Gasteiger partial charge in [0.1, 0.15) is 0 Å². The van der Waals surface area contributed by atoms with Gasteiger partial charge in [-0.2, -0.15) is 0 Å². The monoisotopic (exact) mass is 241 g/mol. The van der Waals surface area contributed by atoms with Gasteiger partial charge in [-0.3, -0.25) is 9.59 Å². The molecule has 0 radical (unpaired) electrons. The summed E-state index contributed by atoms with van der Waals surface area (Å²) in [6.07, 6.45) is 2.69. The van der Waals surface area contributed by atoms with Crippen molar-refractivity contribution >= 4 is 11.9 Å². The number of carbonyl (C=O) groups excluding carboxylic acids is 1. The highest BCUT2D eigenvalue weighted by atomic mass is 16.4. The van der Waals surface area contributed by atoms with E-state index in [0.717, 1.165) is 12.8 Å². The zero-order chi connectivity index (χ0) is 13.0. The van der Waals surface area contributed by atoms with E-state index in [4.69, 9.17) is 5.11 Å². The Hall–Kier alpha value is -1.06. The van der Waals surface area contributed by atoms with E-state index in [0.29, 0.717) is 25.4 Å². The zero-order valence-corrected chi connectivity index (χ0v) is 11.0. The fourth-order valence-corrected chi connectivity index (χ4v) is 2.51. The number of rotatable bonds is 5. The minimum absolute atomic E-state index is 0.0675. The second kappa shape index (κ2) is 6.03. The van der Waals surface area contributed by atoms with Crippen LogP contribution < -0.4 is 0 Å². The molecule has 0 aliphatic carbocycles. The maximum atomic E-state index is 12.0.